The van der Waals surface area contributed by atoms with E-state index in [2.05, 4.69) is 9.97 Å². The lowest BCUT2D eigenvalue weighted by molar-refractivity contribution is 0.00986. The van der Waals surface area contributed by atoms with Crippen LogP contribution in [-0.4, -0.2) is 16.6 Å². The summed E-state index contributed by atoms with van der Waals surface area (Å²) in [4.78, 5) is 7.70. The van der Waals surface area contributed by atoms with E-state index in [0.29, 0.717) is 6.54 Å². The van der Waals surface area contributed by atoms with Crippen molar-refractivity contribution in [3.63, 3.8) is 0 Å². The fourth-order valence-corrected chi connectivity index (χ4v) is 1.83. The third-order valence-corrected chi connectivity index (χ3v) is 2.68. The van der Waals surface area contributed by atoms with Gasteiger partial charge in [-0.15, -0.1) is 0 Å². The van der Waals surface area contributed by atoms with Gasteiger partial charge >= 0.3 is 0 Å². The molecule has 78 valence electrons. The molecule has 1 atom stereocenters. The minimum absolute atomic E-state index is 0.155. The SMILES string of the molecule is Cc1[nH]c(C2CCCCO2)nc1CN. The van der Waals surface area contributed by atoms with Crippen molar-refractivity contribution >= 4 is 0 Å². The van der Waals surface area contributed by atoms with E-state index in [0.717, 1.165) is 30.2 Å². The summed E-state index contributed by atoms with van der Waals surface area (Å²) in [5.41, 5.74) is 7.59. The Bertz CT molecular complexity index is 302. The number of aryl methyl sites for hydroxylation is 1. The highest BCUT2D eigenvalue weighted by molar-refractivity contribution is 5.14. The van der Waals surface area contributed by atoms with Crippen LogP contribution < -0.4 is 5.73 Å². The molecule has 1 fully saturated rings. The van der Waals surface area contributed by atoms with Crippen molar-refractivity contribution in [2.75, 3.05) is 6.61 Å². The summed E-state index contributed by atoms with van der Waals surface area (Å²) < 4.78 is 5.64. The van der Waals surface area contributed by atoms with Gasteiger partial charge in [-0.3, -0.25) is 0 Å². The fraction of sp³-hybridized carbons (Fsp3) is 0.700. The van der Waals surface area contributed by atoms with Crippen molar-refractivity contribution < 1.29 is 4.74 Å². The fourth-order valence-electron chi connectivity index (χ4n) is 1.83. The molecular weight excluding hydrogens is 178 g/mol. The molecule has 1 saturated heterocycles. The standard InChI is InChI=1S/C10H17N3O/c1-7-8(6-11)13-10(12-7)9-4-2-3-5-14-9/h9H,2-6,11H2,1H3,(H,12,13). The molecule has 2 heterocycles. The Morgan fingerprint density at radius 3 is 3.00 bits per heavy atom. The van der Waals surface area contributed by atoms with Crippen LogP contribution in [0.15, 0.2) is 0 Å². The first-order chi connectivity index (χ1) is 6.81. The van der Waals surface area contributed by atoms with E-state index in [1.54, 1.807) is 0 Å². The Morgan fingerprint density at radius 1 is 1.57 bits per heavy atom. The molecule has 0 amide bonds. The Morgan fingerprint density at radius 2 is 2.43 bits per heavy atom. The lowest BCUT2D eigenvalue weighted by atomic mass is 10.1. The predicted octanol–water partition coefficient (Wildman–Crippen LogP) is 1.42. The first-order valence-electron chi connectivity index (χ1n) is 5.18. The maximum atomic E-state index is 5.64. The molecular formula is C10H17N3O. The van der Waals surface area contributed by atoms with Gasteiger partial charge < -0.3 is 15.5 Å². The Balaban J connectivity index is 2.14. The third kappa shape index (κ3) is 1.81. The molecule has 1 aromatic rings. The molecule has 1 aromatic heterocycles. The van der Waals surface area contributed by atoms with Gasteiger partial charge in [0.25, 0.3) is 0 Å². The third-order valence-electron chi connectivity index (χ3n) is 2.68. The average Bonchev–Trinajstić information content (AvgIpc) is 2.61. The highest BCUT2D eigenvalue weighted by Crippen LogP contribution is 2.26. The van der Waals surface area contributed by atoms with Crippen molar-refractivity contribution in [2.45, 2.75) is 38.8 Å². The highest BCUT2D eigenvalue weighted by atomic mass is 16.5. The molecule has 1 aliphatic heterocycles. The summed E-state index contributed by atoms with van der Waals surface area (Å²) in [6, 6.07) is 0. The van der Waals surface area contributed by atoms with Crippen molar-refractivity contribution in [2.24, 2.45) is 5.73 Å². The predicted molar refractivity (Wildman–Crippen MR) is 53.8 cm³/mol. The number of imidazole rings is 1. The van der Waals surface area contributed by atoms with Gasteiger partial charge in [0.15, 0.2) is 0 Å². The normalized spacial score (nSPS) is 22.6. The first-order valence-corrected chi connectivity index (χ1v) is 5.18. The number of nitrogens with zero attached hydrogens (tertiary/aromatic N) is 1. The molecule has 0 bridgehead atoms. The number of ether oxygens (including phenoxy) is 1. The second-order valence-electron chi connectivity index (χ2n) is 3.75. The number of hydrogen-bond acceptors (Lipinski definition) is 3. The van der Waals surface area contributed by atoms with E-state index in [1.165, 1.54) is 12.8 Å². The molecule has 0 aliphatic carbocycles. The number of rotatable bonds is 2. The van der Waals surface area contributed by atoms with Crippen LogP contribution in [-0.2, 0) is 11.3 Å². The lowest BCUT2D eigenvalue weighted by Gasteiger charge is -2.20. The number of nitrogens with two attached hydrogens (primary N) is 1. The van der Waals surface area contributed by atoms with Gasteiger partial charge in [0.2, 0.25) is 0 Å². The average molecular weight is 195 g/mol. The van der Waals surface area contributed by atoms with E-state index >= 15 is 0 Å². The van der Waals surface area contributed by atoms with Crippen LogP contribution in [0.4, 0.5) is 0 Å². The smallest absolute Gasteiger partial charge is 0.135 e. The van der Waals surface area contributed by atoms with E-state index < -0.39 is 0 Å². The zero-order valence-corrected chi connectivity index (χ0v) is 8.55. The summed E-state index contributed by atoms with van der Waals surface area (Å²) in [7, 11) is 0. The van der Waals surface area contributed by atoms with Crippen LogP contribution >= 0.6 is 0 Å². The molecule has 0 radical (unpaired) electrons. The molecule has 4 nitrogen and oxygen atoms in total. The summed E-state index contributed by atoms with van der Waals surface area (Å²) in [5, 5.41) is 0. The number of H-pyrrole nitrogens is 1. The van der Waals surface area contributed by atoms with Crippen LogP contribution in [0.25, 0.3) is 0 Å². The van der Waals surface area contributed by atoms with E-state index in [4.69, 9.17) is 10.5 Å². The van der Waals surface area contributed by atoms with Crippen molar-refractivity contribution in [3.8, 4) is 0 Å². The number of nitrogens with one attached hydrogen (secondary N) is 1. The highest BCUT2D eigenvalue weighted by Gasteiger charge is 2.19. The molecule has 1 aliphatic rings. The minimum Gasteiger partial charge on any atom is -0.370 e. The van der Waals surface area contributed by atoms with E-state index in [-0.39, 0.29) is 6.10 Å². The maximum absolute atomic E-state index is 5.64. The Labute approximate surface area is 83.9 Å². The number of aromatic nitrogens is 2. The summed E-state index contributed by atoms with van der Waals surface area (Å²) >= 11 is 0. The van der Waals surface area contributed by atoms with Crippen LogP contribution in [0.2, 0.25) is 0 Å². The molecule has 1 unspecified atom stereocenters. The monoisotopic (exact) mass is 195 g/mol. The van der Waals surface area contributed by atoms with Gasteiger partial charge in [0.05, 0.1) is 5.69 Å². The van der Waals surface area contributed by atoms with Crippen LogP contribution in [0.3, 0.4) is 0 Å². The second kappa shape index (κ2) is 4.11. The summed E-state index contributed by atoms with van der Waals surface area (Å²) in [6.45, 7) is 3.35. The summed E-state index contributed by atoms with van der Waals surface area (Å²) in [6.07, 6.45) is 3.61. The van der Waals surface area contributed by atoms with Crippen molar-refractivity contribution in [1.82, 2.24) is 9.97 Å². The largest absolute Gasteiger partial charge is 0.370 e. The molecule has 0 saturated carbocycles. The van der Waals surface area contributed by atoms with Gasteiger partial charge in [0, 0.05) is 18.8 Å². The van der Waals surface area contributed by atoms with Crippen LogP contribution in [0, 0.1) is 6.92 Å². The summed E-state index contributed by atoms with van der Waals surface area (Å²) in [5.74, 6) is 0.947. The molecule has 2 rings (SSSR count). The second-order valence-corrected chi connectivity index (χ2v) is 3.75. The van der Waals surface area contributed by atoms with Gasteiger partial charge in [-0.2, -0.15) is 0 Å². The lowest BCUT2D eigenvalue weighted by Crippen LogP contribution is -2.13. The molecule has 14 heavy (non-hydrogen) atoms. The minimum atomic E-state index is 0.155. The molecule has 0 aromatic carbocycles. The first kappa shape index (κ1) is 9.68. The molecule has 4 heteroatoms. The number of hydrogen-bond donors (Lipinski definition) is 2. The topological polar surface area (TPSA) is 63.9 Å². The van der Waals surface area contributed by atoms with Gasteiger partial charge in [-0.1, -0.05) is 0 Å². The van der Waals surface area contributed by atoms with Crippen molar-refractivity contribution in [1.29, 1.82) is 0 Å². The maximum Gasteiger partial charge on any atom is 0.135 e. The van der Waals surface area contributed by atoms with Crippen molar-refractivity contribution in [3.05, 3.63) is 17.2 Å². The Kier molecular flexibility index (Phi) is 2.84. The van der Waals surface area contributed by atoms with E-state index in [9.17, 15) is 0 Å². The van der Waals surface area contributed by atoms with Gasteiger partial charge in [-0.25, -0.2) is 4.98 Å². The van der Waals surface area contributed by atoms with Gasteiger partial charge in [0.1, 0.15) is 11.9 Å². The van der Waals surface area contributed by atoms with Crippen LogP contribution in [0.1, 0.15) is 42.6 Å². The molecule has 3 N–H and O–H groups in total. The van der Waals surface area contributed by atoms with E-state index in [1.807, 2.05) is 6.92 Å². The van der Waals surface area contributed by atoms with Gasteiger partial charge in [-0.05, 0) is 26.2 Å². The Hall–Kier alpha value is -0.870. The zero-order valence-electron chi connectivity index (χ0n) is 8.55. The van der Waals surface area contributed by atoms with Crippen LogP contribution in [0.5, 0.6) is 0 Å². The quantitative estimate of drug-likeness (QED) is 0.750. The molecule has 0 spiro atoms. The zero-order chi connectivity index (χ0) is 9.97. The number of aromatic amines is 1.